The number of nitrogens with zero attached hydrogens (tertiary/aromatic N) is 1. The first kappa shape index (κ1) is 9.02. The van der Waals surface area contributed by atoms with E-state index in [1.807, 2.05) is 31.3 Å². The van der Waals surface area contributed by atoms with Crippen molar-refractivity contribution in [2.24, 2.45) is 0 Å². The number of fused-ring (bicyclic) bond motifs is 1. The predicted octanol–water partition coefficient (Wildman–Crippen LogP) is 1.43. The van der Waals surface area contributed by atoms with Crippen LogP contribution in [0.4, 0.5) is 0 Å². The second-order valence-electron chi connectivity index (χ2n) is 2.90. The van der Waals surface area contributed by atoms with Crippen LogP contribution < -0.4 is 10.1 Å². The zero-order chi connectivity index (χ0) is 9.80. The highest BCUT2D eigenvalue weighted by atomic mass is 16.6. The summed E-state index contributed by atoms with van der Waals surface area (Å²) in [7, 11) is 1.87. The Morgan fingerprint density at radius 3 is 3.07 bits per heavy atom. The highest BCUT2D eigenvalue weighted by Gasteiger charge is 2.04. The van der Waals surface area contributed by atoms with E-state index in [9.17, 15) is 0 Å². The van der Waals surface area contributed by atoms with Crippen LogP contribution in [0.5, 0.6) is 6.08 Å². The van der Waals surface area contributed by atoms with E-state index in [-0.39, 0.29) is 0 Å². The third-order valence-corrected chi connectivity index (χ3v) is 1.85. The smallest absolute Gasteiger partial charge is 0.394 e. The molecule has 0 saturated carbocycles. The first-order valence-corrected chi connectivity index (χ1v) is 4.53. The molecule has 4 heteroatoms. The van der Waals surface area contributed by atoms with E-state index in [0.29, 0.717) is 12.7 Å². The molecule has 1 N–H and O–H groups in total. The number of aromatic nitrogens is 1. The fraction of sp³-hybridized carbons (Fsp3) is 0.300. The van der Waals surface area contributed by atoms with Crippen LogP contribution in [0.3, 0.4) is 0 Å². The van der Waals surface area contributed by atoms with Crippen molar-refractivity contribution in [2.45, 2.75) is 0 Å². The summed E-state index contributed by atoms with van der Waals surface area (Å²) in [5.41, 5.74) is 1.58. The molecule has 14 heavy (non-hydrogen) atoms. The van der Waals surface area contributed by atoms with Crippen LogP contribution in [0.2, 0.25) is 0 Å². The monoisotopic (exact) mass is 192 g/mol. The van der Waals surface area contributed by atoms with Gasteiger partial charge in [0.05, 0.1) is 0 Å². The van der Waals surface area contributed by atoms with Crippen LogP contribution in [0.1, 0.15) is 0 Å². The molecular formula is C10H12N2O2. The quantitative estimate of drug-likeness (QED) is 0.744. The number of rotatable bonds is 4. The van der Waals surface area contributed by atoms with Crippen molar-refractivity contribution >= 4 is 11.1 Å². The topological polar surface area (TPSA) is 47.3 Å². The molecule has 0 fully saturated rings. The summed E-state index contributed by atoms with van der Waals surface area (Å²) in [6.07, 6.45) is 0.335. The van der Waals surface area contributed by atoms with Crippen LogP contribution in [-0.4, -0.2) is 25.2 Å². The summed E-state index contributed by atoms with van der Waals surface area (Å²) < 4.78 is 10.6. The largest absolute Gasteiger partial charge is 0.449 e. The van der Waals surface area contributed by atoms with Gasteiger partial charge >= 0.3 is 6.08 Å². The van der Waals surface area contributed by atoms with E-state index in [1.165, 1.54) is 0 Å². The number of benzene rings is 1. The van der Waals surface area contributed by atoms with Gasteiger partial charge in [0.15, 0.2) is 5.58 Å². The van der Waals surface area contributed by atoms with Gasteiger partial charge in [0.25, 0.3) is 0 Å². The number of oxazole rings is 1. The van der Waals surface area contributed by atoms with E-state index in [1.54, 1.807) is 0 Å². The van der Waals surface area contributed by atoms with E-state index < -0.39 is 0 Å². The van der Waals surface area contributed by atoms with Crippen LogP contribution in [0, 0.1) is 0 Å². The molecule has 0 atom stereocenters. The minimum Gasteiger partial charge on any atom is -0.449 e. The SMILES string of the molecule is CNCCOc1nc2ccccc2o1. The van der Waals surface area contributed by atoms with Gasteiger partial charge in [-0.25, -0.2) is 0 Å². The maximum atomic E-state index is 5.35. The van der Waals surface area contributed by atoms with Crippen molar-refractivity contribution in [3.8, 4) is 6.08 Å². The van der Waals surface area contributed by atoms with Crippen molar-refractivity contribution in [3.05, 3.63) is 24.3 Å². The molecule has 0 aliphatic carbocycles. The number of likely N-dealkylation sites (N-methyl/N-ethyl adjacent to an activating group) is 1. The molecule has 0 aliphatic rings. The minimum absolute atomic E-state index is 0.335. The van der Waals surface area contributed by atoms with Crippen molar-refractivity contribution < 1.29 is 9.15 Å². The number of hydrogen-bond donors (Lipinski definition) is 1. The molecule has 0 aliphatic heterocycles. The normalized spacial score (nSPS) is 10.6. The Bertz CT molecular complexity index is 378. The molecule has 2 aromatic rings. The lowest BCUT2D eigenvalue weighted by atomic mass is 10.3. The summed E-state index contributed by atoms with van der Waals surface area (Å²) in [4.78, 5) is 4.17. The van der Waals surface area contributed by atoms with Gasteiger partial charge in [-0.3, -0.25) is 0 Å². The van der Waals surface area contributed by atoms with Crippen molar-refractivity contribution in [2.75, 3.05) is 20.2 Å². The maximum Gasteiger partial charge on any atom is 0.394 e. The Morgan fingerprint density at radius 1 is 1.43 bits per heavy atom. The van der Waals surface area contributed by atoms with Crippen molar-refractivity contribution in [3.63, 3.8) is 0 Å². The number of nitrogens with one attached hydrogen (secondary N) is 1. The Labute approximate surface area is 81.9 Å². The molecule has 74 valence electrons. The maximum absolute atomic E-state index is 5.35. The summed E-state index contributed by atoms with van der Waals surface area (Å²) in [6, 6.07) is 7.59. The first-order valence-electron chi connectivity index (χ1n) is 4.53. The Morgan fingerprint density at radius 2 is 2.29 bits per heavy atom. The molecule has 0 saturated heterocycles. The van der Waals surface area contributed by atoms with Crippen LogP contribution >= 0.6 is 0 Å². The summed E-state index contributed by atoms with van der Waals surface area (Å²) >= 11 is 0. The van der Waals surface area contributed by atoms with Gasteiger partial charge in [0, 0.05) is 6.54 Å². The highest BCUT2D eigenvalue weighted by Crippen LogP contribution is 2.19. The average molecular weight is 192 g/mol. The van der Waals surface area contributed by atoms with Crippen LogP contribution in [0.15, 0.2) is 28.7 Å². The fourth-order valence-electron chi connectivity index (χ4n) is 1.15. The first-order chi connectivity index (χ1) is 6.90. The summed E-state index contributed by atoms with van der Waals surface area (Å²) in [6.45, 7) is 1.34. The molecule has 0 radical (unpaired) electrons. The van der Waals surface area contributed by atoms with Crippen LogP contribution in [-0.2, 0) is 0 Å². The zero-order valence-corrected chi connectivity index (χ0v) is 7.99. The van der Waals surface area contributed by atoms with Gasteiger partial charge in [-0.05, 0) is 19.2 Å². The standard InChI is InChI=1S/C10H12N2O2/c1-11-6-7-13-10-12-8-4-2-3-5-9(8)14-10/h2-5,11H,6-7H2,1H3. The van der Waals surface area contributed by atoms with E-state index in [2.05, 4.69) is 10.3 Å². The molecule has 1 heterocycles. The molecule has 0 bridgehead atoms. The Balaban J connectivity index is 2.11. The van der Waals surface area contributed by atoms with Gasteiger partial charge in [0.2, 0.25) is 0 Å². The number of ether oxygens (including phenoxy) is 1. The van der Waals surface area contributed by atoms with Gasteiger partial charge in [-0.2, -0.15) is 4.98 Å². The average Bonchev–Trinajstić information content (AvgIpc) is 2.60. The molecule has 1 aromatic carbocycles. The molecule has 0 amide bonds. The summed E-state index contributed by atoms with van der Waals surface area (Å²) in [5.74, 6) is 0. The van der Waals surface area contributed by atoms with Crippen molar-refractivity contribution in [1.82, 2.24) is 10.3 Å². The third-order valence-electron chi connectivity index (χ3n) is 1.85. The lowest BCUT2D eigenvalue weighted by Gasteiger charge is -1.98. The molecule has 0 spiro atoms. The molecule has 0 unspecified atom stereocenters. The predicted molar refractivity (Wildman–Crippen MR) is 53.4 cm³/mol. The zero-order valence-electron chi connectivity index (χ0n) is 7.99. The molecule has 1 aromatic heterocycles. The van der Waals surface area contributed by atoms with Gasteiger partial charge < -0.3 is 14.5 Å². The van der Waals surface area contributed by atoms with Gasteiger partial charge in [0.1, 0.15) is 12.1 Å². The molecular weight excluding hydrogens is 180 g/mol. The highest BCUT2D eigenvalue weighted by molar-refractivity contribution is 5.72. The second-order valence-corrected chi connectivity index (χ2v) is 2.90. The van der Waals surface area contributed by atoms with Crippen LogP contribution in [0.25, 0.3) is 11.1 Å². The molecule has 4 nitrogen and oxygen atoms in total. The van der Waals surface area contributed by atoms with Gasteiger partial charge in [-0.1, -0.05) is 12.1 Å². The van der Waals surface area contributed by atoms with E-state index >= 15 is 0 Å². The second kappa shape index (κ2) is 4.11. The Hall–Kier alpha value is -1.55. The van der Waals surface area contributed by atoms with Gasteiger partial charge in [-0.15, -0.1) is 0 Å². The minimum atomic E-state index is 0.335. The van der Waals surface area contributed by atoms with E-state index in [0.717, 1.165) is 17.6 Å². The fourth-order valence-corrected chi connectivity index (χ4v) is 1.15. The summed E-state index contributed by atoms with van der Waals surface area (Å²) in [5, 5.41) is 2.98. The molecule has 2 rings (SSSR count). The third kappa shape index (κ3) is 1.85. The van der Waals surface area contributed by atoms with Crippen molar-refractivity contribution in [1.29, 1.82) is 0 Å². The lowest BCUT2D eigenvalue weighted by molar-refractivity contribution is 0.239. The number of para-hydroxylation sites is 2. The number of hydrogen-bond acceptors (Lipinski definition) is 4. The van der Waals surface area contributed by atoms with E-state index in [4.69, 9.17) is 9.15 Å². The Kier molecular flexibility index (Phi) is 2.65. The lowest BCUT2D eigenvalue weighted by Crippen LogP contribution is -2.15.